The number of aryl methyl sites for hydroxylation is 1. The summed E-state index contributed by atoms with van der Waals surface area (Å²) in [5, 5.41) is 3.34. The third-order valence-electron chi connectivity index (χ3n) is 5.21. The Balaban J connectivity index is 2.06. The number of alkyl halides is 3. The lowest BCUT2D eigenvalue weighted by molar-refractivity contribution is -0.137. The fraction of sp³-hybridized carbons (Fsp3) is 0.667. The van der Waals surface area contributed by atoms with Crippen molar-refractivity contribution in [1.82, 2.24) is 5.32 Å². The molecular weight excluding hydrogens is 301 g/mol. The maximum atomic E-state index is 13.6. The molecule has 23 heavy (non-hydrogen) atoms. The molecular formula is C18H25F3N2. The highest BCUT2D eigenvalue weighted by Crippen LogP contribution is 2.49. The molecule has 0 unspecified atom stereocenters. The van der Waals surface area contributed by atoms with E-state index < -0.39 is 11.7 Å². The molecule has 128 valence electrons. The van der Waals surface area contributed by atoms with Crippen molar-refractivity contribution >= 4 is 5.69 Å². The van der Waals surface area contributed by atoms with E-state index >= 15 is 0 Å². The zero-order valence-electron chi connectivity index (χ0n) is 14.0. The number of piperidine rings is 1. The molecule has 5 heteroatoms. The molecule has 0 aromatic heterocycles. The third-order valence-corrected chi connectivity index (χ3v) is 5.21. The third kappa shape index (κ3) is 3.08. The SMILES string of the molecule is CC(C)CCc1cc2c(c(C(F)(F)F)c1)N(C)[C@H]1CCNC[C@@H]21. The molecule has 0 aliphatic carbocycles. The summed E-state index contributed by atoms with van der Waals surface area (Å²) < 4.78 is 40.9. The number of nitrogens with zero attached hydrogens (tertiary/aromatic N) is 1. The van der Waals surface area contributed by atoms with Gasteiger partial charge in [-0.2, -0.15) is 13.2 Å². The second-order valence-corrected chi connectivity index (χ2v) is 7.29. The van der Waals surface area contributed by atoms with Gasteiger partial charge in [-0.1, -0.05) is 19.9 Å². The van der Waals surface area contributed by atoms with E-state index in [4.69, 9.17) is 0 Å². The zero-order chi connectivity index (χ0) is 16.8. The van der Waals surface area contributed by atoms with Crippen molar-refractivity contribution in [1.29, 1.82) is 0 Å². The quantitative estimate of drug-likeness (QED) is 0.896. The Bertz CT molecular complexity index is 580. The van der Waals surface area contributed by atoms with Crippen LogP contribution in [0.25, 0.3) is 0 Å². The molecule has 2 atom stereocenters. The molecule has 0 saturated carbocycles. The van der Waals surface area contributed by atoms with Gasteiger partial charge in [0.25, 0.3) is 0 Å². The summed E-state index contributed by atoms with van der Waals surface area (Å²) in [5.41, 5.74) is 1.66. The predicted octanol–water partition coefficient (Wildman–Crippen LogP) is 4.19. The largest absolute Gasteiger partial charge is 0.418 e. The highest BCUT2D eigenvalue weighted by Gasteiger charge is 2.44. The summed E-state index contributed by atoms with van der Waals surface area (Å²) in [7, 11) is 1.82. The zero-order valence-corrected chi connectivity index (χ0v) is 14.0. The van der Waals surface area contributed by atoms with Gasteiger partial charge in [-0.05, 0) is 48.9 Å². The molecule has 0 amide bonds. The minimum Gasteiger partial charge on any atom is -0.370 e. The number of nitrogens with one attached hydrogen (secondary N) is 1. The first-order valence-corrected chi connectivity index (χ1v) is 8.46. The van der Waals surface area contributed by atoms with E-state index in [2.05, 4.69) is 19.2 Å². The van der Waals surface area contributed by atoms with E-state index in [1.54, 1.807) is 0 Å². The highest BCUT2D eigenvalue weighted by atomic mass is 19.4. The number of likely N-dealkylation sites (N-methyl/N-ethyl adjacent to an activating group) is 1. The van der Waals surface area contributed by atoms with E-state index in [1.165, 1.54) is 6.07 Å². The number of rotatable bonds is 3. The molecule has 0 spiro atoms. The molecule has 2 aliphatic heterocycles. The molecule has 1 aromatic carbocycles. The van der Waals surface area contributed by atoms with Gasteiger partial charge in [-0.3, -0.25) is 0 Å². The fourth-order valence-electron chi connectivity index (χ4n) is 4.00. The smallest absolute Gasteiger partial charge is 0.370 e. The van der Waals surface area contributed by atoms with Crippen LogP contribution in [0.1, 0.15) is 49.3 Å². The number of hydrogen-bond donors (Lipinski definition) is 1. The number of hydrogen-bond acceptors (Lipinski definition) is 2. The Kier molecular flexibility index (Phi) is 4.34. The van der Waals surface area contributed by atoms with Gasteiger partial charge in [0.05, 0.1) is 11.3 Å². The van der Waals surface area contributed by atoms with Crippen LogP contribution in [-0.4, -0.2) is 26.2 Å². The molecule has 2 nitrogen and oxygen atoms in total. The second kappa shape index (κ2) is 6.00. The van der Waals surface area contributed by atoms with Crippen LogP contribution < -0.4 is 10.2 Å². The predicted molar refractivity (Wildman–Crippen MR) is 87.0 cm³/mol. The normalized spacial score (nSPS) is 24.0. The molecule has 0 radical (unpaired) electrons. The van der Waals surface area contributed by atoms with Crippen LogP contribution in [0.2, 0.25) is 0 Å². The van der Waals surface area contributed by atoms with Gasteiger partial charge in [-0.25, -0.2) is 0 Å². The standard InChI is InChI=1S/C18H25F3N2/c1-11(2)4-5-12-8-13-14-10-22-7-6-16(14)23(3)17(13)15(9-12)18(19,20)21/h8-9,11,14,16,22H,4-7,10H2,1-3H3/t14-,16-/m0/s1. The van der Waals surface area contributed by atoms with Crippen molar-refractivity contribution in [2.75, 3.05) is 25.0 Å². The Hall–Kier alpha value is -1.23. The average Bonchev–Trinajstić information content (AvgIpc) is 2.77. The van der Waals surface area contributed by atoms with E-state index in [-0.39, 0.29) is 12.0 Å². The lowest BCUT2D eigenvalue weighted by atomic mass is 9.88. The van der Waals surface area contributed by atoms with E-state index in [1.807, 2.05) is 18.0 Å². The summed E-state index contributed by atoms with van der Waals surface area (Å²) in [4.78, 5) is 1.87. The molecule has 1 N–H and O–H groups in total. The van der Waals surface area contributed by atoms with Crippen LogP contribution >= 0.6 is 0 Å². The summed E-state index contributed by atoms with van der Waals surface area (Å²) in [6.45, 7) is 5.85. The molecule has 1 fully saturated rings. The monoisotopic (exact) mass is 326 g/mol. The van der Waals surface area contributed by atoms with Crippen molar-refractivity contribution in [2.45, 2.75) is 51.2 Å². The van der Waals surface area contributed by atoms with E-state index in [0.29, 0.717) is 18.0 Å². The van der Waals surface area contributed by atoms with Gasteiger partial charge in [0, 0.05) is 25.6 Å². The van der Waals surface area contributed by atoms with Crippen molar-refractivity contribution in [3.05, 3.63) is 28.8 Å². The van der Waals surface area contributed by atoms with Gasteiger partial charge in [0.15, 0.2) is 0 Å². The summed E-state index contributed by atoms with van der Waals surface area (Å²) in [6, 6.07) is 3.59. The van der Waals surface area contributed by atoms with Crippen molar-refractivity contribution < 1.29 is 13.2 Å². The lowest BCUT2D eigenvalue weighted by Crippen LogP contribution is -2.42. The Labute approximate surface area is 136 Å². The van der Waals surface area contributed by atoms with Gasteiger partial charge < -0.3 is 10.2 Å². The molecule has 3 rings (SSSR count). The van der Waals surface area contributed by atoms with E-state index in [9.17, 15) is 13.2 Å². The molecule has 1 saturated heterocycles. The number of anilines is 1. The topological polar surface area (TPSA) is 15.3 Å². The Morgan fingerprint density at radius 1 is 1.30 bits per heavy atom. The van der Waals surface area contributed by atoms with Crippen LogP contribution in [0.3, 0.4) is 0 Å². The van der Waals surface area contributed by atoms with Crippen molar-refractivity contribution in [2.24, 2.45) is 5.92 Å². The summed E-state index contributed by atoms with van der Waals surface area (Å²) in [5.74, 6) is 0.660. The molecule has 0 bridgehead atoms. The maximum Gasteiger partial charge on any atom is 0.418 e. The molecule has 2 heterocycles. The van der Waals surface area contributed by atoms with E-state index in [0.717, 1.165) is 37.1 Å². The molecule has 1 aromatic rings. The van der Waals surface area contributed by atoms with Crippen LogP contribution in [0, 0.1) is 5.92 Å². The van der Waals surface area contributed by atoms with Crippen LogP contribution in [0.15, 0.2) is 12.1 Å². The fourth-order valence-corrected chi connectivity index (χ4v) is 4.00. The maximum absolute atomic E-state index is 13.6. The van der Waals surface area contributed by atoms with Crippen LogP contribution in [0.5, 0.6) is 0 Å². The first-order valence-electron chi connectivity index (χ1n) is 8.46. The molecule has 2 aliphatic rings. The van der Waals surface area contributed by atoms with Crippen molar-refractivity contribution in [3.8, 4) is 0 Å². The highest BCUT2D eigenvalue weighted by molar-refractivity contribution is 5.68. The van der Waals surface area contributed by atoms with Crippen LogP contribution in [-0.2, 0) is 12.6 Å². The second-order valence-electron chi connectivity index (χ2n) is 7.29. The van der Waals surface area contributed by atoms with Crippen LogP contribution in [0.4, 0.5) is 18.9 Å². The minimum atomic E-state index is -4.30. The first-order chi connectivity index (χ1) is 10.8. The van der Waals surface area contributed by atoms with Gasteiger partial charge in [0.1, 0.15) is 0 Å². The average molecular weight is 326 g/mol. The number of benzene rings is 1. The Morgan fingerprint density at radius 3 is 2.70 bits per heavy atom. The Morgan fingerprint density at radius 2 is 2.04 bits per heavy atom. The van der Waals surface area contributed by atoms with Crippen molar-refractivity contribution in [3.63, 3.8) is 0 Å². The minimum absolute atomic E-state index is 0.170. The lowest BCUT2D eigenvalue weighted by Gasteiger charge is -2.31. The van der Waals surface area contributed by atoms with Gasteiger partial charge in [0.2, 0.25) is 0 Å². The summed E-state index contributed by atoms with van der Waals surface area (Å²) >= 11 is 0. The number of fused-ring (bicyclic) bond motifs is 3. The summed E-state index contributed by atoms with van der Waals surface area (Å²) in [6.07, 6.45) is -1.78. The number of halogens is 3. The first kappa shape index (κ1) is 16.6. The van der Waals surface area contributed by atoms with Gasteiger partial charge >= 0.3 is 6.18 Å². The van der Waals surface area contributed by atoms with Gasteiger partial charge in [-0.15, -0.1) is 0 Å².